The van der Waals surface area contributed by atoms with Crippen LogP contribution in [0.4, 0.5) is 5.69 Å². The number of carbonyl (C=O) groups is 2. The van der Waals surface area contributed by atoms with Crippen molar-refractivity contribution in [2.75, 3.05) is 45.3 Å². The van der Waals surface area contributed by atoms with Crippen LogP contribution in [0.3, 0.4) is 0 Å². The number of hydrogen-bond acceptors (Lipinski definition) is 6. The zero-order chi connectivity index (χ0) is 20.2. The van der Waals surface area contributed by atoms with Crippen LogP contribution in [-0.4, -0.2) is 76.1 Å². The summed E-state index contributed by atoms with van der Waals surface area (Å²) in [6, 6.07) is 3.82. The molecule has 1 aliphatic heterocycles. The van der Waals surface area contributed by atoms with E-state index in [9.17, 15) is 18.0 Å². The van der Waals surface area contributed by atoms with Crippen LogP contribution in [0, 0.1) is 0 Å². The number of amides is 1. The van der Waals surface area contributed by atoms with Gasteiger partial charge in [-0.3, -0.25) is 9.59 Å². The second-order valence-corrected chi connectivity index (χ2v) is 8.69. The van der Waals surface area contributed by atoms with E-state index in [0.717, 1.165) is 4.31 Å². The van der Waals surface area contributed by atoms with E-state index in [4.69, 9.17) is 9.84 Å². The molecule has 1 aliphatic rings. The van der Waals surface area contributed by atoms with Gasteiger partial charge in [0.25, 0.3) is 5.91 Å². The topological polar surface area (TPSA) is 116 Å². The highest BCUT2D eigenvalue weighted by molar-refractivity contribution is 7.89. The molecule has 1 fully saturated rings. The number of nitrogens with zero attached hydrogens (tertiary/aromatic N) is 2. The Labute approximate surface area is 159 Å². The summed E-state index contributed by atoms with van der Waals surface area (Å²) in [5, 5.41) is 11.5. The number of rotatable bonds is 7. The maximum atomic E-state index is 12.8. The largest absolute Gasteiger partial charge is 0.481 e. The lowest BCUT2D eigenvalue weighted by Gasteiger charge is -2.31. The third-order valence-corrected chi connectivity index (χ3v) is 6.01. The van der Waals surface area contributed by atoms with E-state index in [1.807, 2.05) is 4.90 Å². The number of carbonyl (C=O) groups excluding carboxylic acids is 1. The maximum absolute atomic E-state index is 12.8. The highest BCUT2D eigenvalue weighted by Gasteiger charge is 2.25. The summed E-state index contributed by atoms with van der Waals surface area (Å²) in [5.41, 5.74) is 0.785. The normalized spacial score (nSPS) is 16.2. The molecule has 0 aromatic heterocycles. The van der Waals surface area contributed by atoms with Crippen LogP contribution in [0.5, 0.6) is 0 Å². The predicted octanol–water partition coefficient (Wildman–Crippen LogP) is 0.367. The van der Waals surface area contributed by atoms with E-state index < -0.39 is 27.9 Å². The first-order chi connectivity index (χ1) is 12.6. The maximum Gasteiger partial charge on any atom is 0.305 e. The molecule has 0 bridgehead atoms. The Bertz CT molecular complexity index is 803. The van der Waals surface area contributed by atoms with E-state index in [0.29, 0.717) is 32.0 Å². The molecule has 27 heavy (non-hydrogen) atoms. The zero-order valence-electron chi connectivity index (χ0n) is 15.6. The van der Waals surface area contributed by atoms with E-state index in [-0.39, 0.29) is 16.9 Å². The van der Waals surface area contributed by atoms with E-state index in [1.54, 1.807) is 13.0 Å². The van der Waals surface area contributed by atoms with Gasteiger partial charge in [0, 0.05) is 38.9 Å². The van der Waals surface area contributed by atoms with Crippen molar-refractivity contribution in [2.45, 2.75) is 24.3 Å². The molecule has 150 valence electrons. The van der Waals surface area contributed by atoms with Crippen LogP contribution >= 0.6 is 0 Å². The van der Waals surface area contributed by atoms with Crippen molar-refractivity contribution in [3.05, 3.63) is 23.8 Å². The molecule has 0 aliphatic carbocycles. The Morgan fingerprint density at radius 2 is 1.93 bits per heavy atom. The molecule has 9 nitrogen and oxygen atoms in total. The number of hydrogen-bond donors (Lipinski definition) is 2. The minimum Gasteiger partial charge on any atom is -0.481 e. The number of nitrogens with one attached hydrogen (secondary N) is 1. The molecule has 2 rings (SSSR count). The van der Waals surface area contributed by atoms with Gasteiger partial charge in [-0.15, -0.1) is 0 Å². The number of sulfonamides is 1. The molecule has 2 N–H and O–H groups in total. The standard InChI is InChI=1S/C17H25N3O6S/c1-12(10-16(21)22)18-17(23)14-11-13(27(24,25)19(2)3)4-5-15(14)20-6-8-26-9-7-20/h4-5,11-12H,6-10H2,1-3H3,(H,18,23)(H,21,22). The summed E-state index contributed by atoms with van der Waals surface area (Å²) in [6.45, 7) is 3.75. The quantitative estimate of drug-likeness (QED) is 0.680. The highest BCUT2D eigenvalue weighted by atomic mass is 32.2. The van der Waals surface area contributed by atoms with E-state index in [1.165, 1.54) is 26.2 Å². The average Bonchev–Trinajstić information content (AvgIpc) is 2.61. The Morgan fingerprint density at radius 1 is 1.30 bits per heavy atom. The molecular formula is C17H25N3O6S. The minimum absolute atomic E-state index is 0.000507. The van der Waals surface area contributed by atoms with Gasteiger partial charge in [-0.2, -0.15) is 0 Å². The number of aliphatic carboxylic acids is 1. The summed E-state index contributed by atoms with van der Waals surface area (Å²) in [7, 11) is -0.879. The van der Waals surface area contributed by atoms with Crippen molar-refractivity contribution in [1.82, 2.24) is 9.62 Å². The van der Waals surface area contributed by atoms with Crippen LogP contribution in [0.1, 0.15) is 23.7 Å². The first-order valence-corrected chi connectivity index (χ1v) is 9.99. The molecule has 0 spiro atoms. The van der Waals surface area contributed by atoms with Crippen LogP contribution in [0.25, 0.3) is 0 Å². The van der Waals surface area contributed by atoms with Gasteiger partial charge in [0.05, 0.1) is 30.1 Å². The SMILES string of the molecule is CC(CC(=O)O)NC(=O)c1cc(S(=O)(=O)N(C)C)ccc1N1CCOCC1. The van der Waals surface area contributed by atoms with Crippen molar-refractivity contribution >= 4 is 27.6 Å². The van der Waals surface area contributed by atoms with Crippen molar-refractivity contribution in [3.63, 3.8) is 0 Å². The van der Waals surface area contributed by atoms with Crippen molar-refractivity contribution in [1.29, 1.82) is 0 Å². The highest BCUT2D eigenvalue weighted by Crippen LogP contribution is 2.26. The van der Waals surface area contributed by atoms with Gasteiger partial charge in [-0.1, -0.05) is 0 Å². The molecule has 0 saturated carbocycles. The number of ether oxygens (including phenoxy) is 1. The Morgan fingerprint density at radius 3 is 2.48 bits per heavy atom. The number of carboxylic acid groups (broad SMARTS) is 1. The lowest BCUT2D eigenvalue weighted by Crippen LogP contribution is -2.39. The summed E-state index contributed by atoms with van der Waals surface area (Å²) in [4.78, 5) is 25.6. The Hall–Kier alpha value is -2.17. The van der Waals surface area contributed by atoms with Gasteiger partial charge in [-0.25, -0.2) is 12.7 Å². The predicted molar refractivity (Wildman–Crippen MR) is 99.5 cm³/mol. The average molecular weight is 399 g/mol. The van der Waals surface area contributed by atoms with Gasteiger partial charge in [0.1, 0.15) is 0 Å². The van der Waals surface area contributed by atoms with Crippen LogP contribution < -0.4 is 10.2 Å². The van der Waals surface area contributed by atoms with Crippen LogP contribution in [-0.2, 0) is 19.6 Å². The molecule has 1 atom stereocenters. The molecular weight excluding hydrogens is 374 g/mol. The number of anilines is 1. The van der Waals surface area contributed by atoms with Crippen LogP contribution in [0.2, 0.25) is 0 Å². The molecule has 1 aromatic rings. The summed E-state index contributed by atoms with van der Waals surface area (Å²) < 4.78 is 31.3. The zero-order valence-corrected chi connectivity index (χ0v) is 16.5. The number of carboxylic acids is 1. The Balaban J connectivity index is 2.42. The number of benzene rings is 1. The molecule has 0 radical (unpaired) electrons. The Kier molecular flexibility index (Phi) is 6.79. The van der Waals surface area contributed by atoms with Crippen molar-refractivity contribution in [3.8, 4) is 0 Å². The molecule has 1 unspecified atom stereocenters. The van der Waals surface area contributed by atoms with Crippen molar-refractivity contribution in [2.24, 2.45) is 0 Å². The van der Waals surface area contributed by atoms with Gasteiger partial charge in [-0.05, 0) is 25.1 Å². The van der Waals surface area contributed by atoms with E-state index in [2.05, 4.69) is 5.32 Å². The molecule has 1 aromatic carbocycles. The minimum atomic E-state index is -3.71. The fourth-order valence-corrected chi connectivity index (χ4v) is 3.69. The van der Waals surface area contributed by atoms with Gasteiger partial charge in [0.2, 0.25) is 10.0 Å². The first kappa shape index (κ1) is 21.1. The molecule has 1 amide bonds. The second-order valence-electron chi connectivity index (χ2n) is 6.54. The molecule has 1 heterocycles. The van der Waals surface area contributed by atoms with Gasteiger partial charge in [0.15, 0.2) is 0 Å². The third kappa shape index (κ3) is 5.18. The molecule has 10 heteroatoms. The summed E-state index contributed by atoms with van der Waals surface area (Å²) in [5.74, 6) is -1.54. The smallest absolute Gasteiger partial charge is 0.305 e. The van der Waals surface area contributed by atoms with Crippen molar-refractivity contribution < 1.29 is 27.9 Å². The lowest BCUT2D eigenvalue weighted by molar-refractivity contribution is -0.137. The summed E-state index contributed by atoms with van der Waals surface area (Å²) in [6.07, 6.45) is -0.228. The third-order valence-electron chi connectivity index (χ3n) is 4.20. The van der Waals surface area contributed by atoms with Gasteiger partial charge < -0.3 is 20.1 Å². The lowest BCUT2D eigenvalue weighted by atomic mass is 10.1. The summed E-state index contributed by atoms with van der Waals surface area (Å²) >= 11 is 0. The fraction of sp³-hybridized carbons (Fsp3) is 0.529. The van der Waals surface area contributed by atoms with Gasteiger partial charge >= 0.3 is 5.97 Å². The molecule has 1 saturated heterocycles. The van der Waals surface area contributed by atoms with Crippen LogP contribution in [0.15, 0.2) is 23.1 Å². The fourth-order valence-electron chi connectivity index (χ4n) is 2.76. The van der Waals surface area contributed by atoms with E-state index >= 15 is 0 Å². The number of morpholine rings is 1. The monoisotopic (exact) mass is 399 g/mol. The first-order valence-electron chi connectivity index (χ1n) is 8.55. The second kappa shape index (κ2) is 8.68.